The Labute approximate surface area is 187 Å². The van der Waals surface area contributed by atoms with Crippen LogP contribution in [0.15, 0.2) is 88.2 Å². The normalized spacial score (nSPS) is 15.1. The minimum absolute atomic E-state index is 0.263. The van der Waals surface area contributed by atoms with Crippen LogP contribution in [0.4, 0.5) is 4.79 Å². The molecule has 1 aliphatic rings. The van der Waals surface area contributed by atoms with Crippen molar-refractivity contribution in [1.29, 1.82) is 0 Å². The predicted octanol–water partition coefficient (Wildman–Crippen LogP) is 6.26. The van der Waals surface area contributed by atoms with Gasteiger partial charge in [0.05, 0.1) is 11.4 Å². The van der Waals surface area contributed by atoms with Gasteiger partial charge in [-0.1, -0.05) is 76.6 Å². The van der Waals surface area contributed by atoms with E-state index >= 15 is 0 Å². The zero-order valence-corrected chi connectivity index (χ0v) is 18.4. The lowest BCUT2D eigenvalue weighted by Crippen LogP contribution is -2.27. The number of halogens is 1. The molecule has 0 atom stereocenters. The van der Waals surface area contributed by atoms with Crippen LogP contribution in [0.3, 0.4) is 0 Å². The standard InChI is InChI=1S/C24H18BrNO3S/c25-20-11-12-21(29-16-18-9-5-2-6-10-18)19(13-20)14-22-23(27)26(24(28)30-22)15-17-7-3-1-4-8-17/h1-14H,15-16H2/b22-14-. The number of nitrogens with zero attached hydrogens (tertiary/aromatic N) is 1. The molecule has 2 amide bonds. The van der Waals surface area contributed by atoms with Crippen molar-refractivity contribution in [2.24, 2.45) is 0 Å². The van der Waals surface area contributed by atoms with Crippen LogP contribution >= 0.6 is 27.7 Å². The zero-order valence-electron chi connectivity index (χ0n) is 16.0. The van der Waals surface area contributed by atoms with Gasteiger partial charge in [-0.2, -0.15) is 0 Å². The summed E-state index contributed by atoms with van der Waals surface area (Å²) in [6, 6.07) is 25.0. The van der Waals surface area contributed by atoms with Crippen molar-refractivity contribution < 1.29 is 14.3 Å². The van der Waals surface area contributed by atoms with Crippen LogP contribution in [0.25, 0.3) is 6.08 Å². The number of rotatable bonds is 6. The molecule has 1 fully saturated rings. The first-order valence-electron chi connectivity index (χ1n) is 9.36. The number of hydrogen-bond acceptors (Lipinski definition) is 4. The van der Waals surface area contributed by atoms with E-state index < -0.39 is 0 Å². The van der Waals surface area contributed by atoms with E-state index in [2.05, 4.69) is 15.9 Å². The summed E-state index contributed by atoms with van der Waals surface area (Å²) in [6.45, 7) is 0.678. The molecular weight excluding hydrogens is 462 g/mol. The maximum atomic E-state index is 12.9. The maximum absolute atomic E-state index is 12.9. The van der Waals surface area contributed by atoms with E-state index in [-0.39, 0.29) is 17.7 Å². The van der Waals surface area contributed by atoms with E-state index in [1.165, 1.54) is 4.90 Å². The summed E-state index contributed by atoms with van der Waals surface area (Å²) in [5.41, 5.74) is 2.70. The Balaban J connectivity index is 1.55. The van der Waals surface area contributed by atoms with Crippen LogP contribution in [0.5, 0.6) is 5.75 Å². The highest BCUT2D eigenvalue weighted by Gasteiger charge is 2.35. The van der Waals surface area contributed by atoms with Gasteiger partial charge >= 0.3 is 0 Å². The summed E-state index contributed by atoms with van der Waals surface area (Å²) in [7, 11) is 0. The molecule has 0 aromatic heterocycles. The Bertz CT molecular complexity index is 1100. The number of carbonyl (C=O) groups is 2. The van der Waals surface area contributed by atoms with Crippen LogP contribution in [0.1, 0.15) is 16.7 Å². The van der Waals surface area contributed by atoms with E-state index in [9.17, 15) is 9.59 Å². The highest BCUT2D eigenvalue weighted by atomic mass is 79.9. The molecule has 1 aliphatic heterocycles. The monoisotopic (exact) mass is 479 g/mol. The highest BCUT2D eigenvalue weighted by molar-refractivity contribution is 9.10. The van der Waals surface area contributed by atoms with Crippen molar-refractivity contribution in [2.75, 3.05) is 0 Å². The second-order valence-electron chi connectivity index (χ2n) is 6.71. The third-order valence-electron chi connectivity index (χ3n) is 4.55. The van der Waals surface area contributed by atoms with E-state index in [4.69, 9.17) is 4.74 Å². The number of thioether (sulfide) groups is 1. The second kappa shape index (κ2) is 9.32. The van der Waals surface area contributed by atoms with Gasteiger partial charge < -0.3 is 4.74 Å². The molecule has 0 unspecified atom stereocenters. The predicted molar refractivity (Wildman–Crippen MR) is 123 cm³/mol. The molecule has 0 aliphatic carbocycles. The van der Waals surface area contributed by atoms with Gasteiger partial charge in [0.15, 0.2) is 0 Å². The van der Waals surface area contributed by atoms with Crippen molar-refractivity contribution in [3.8, 4) is 5.75 Å². The Morgan fingerprint density at radius 2 is 1.57 bits per heavy atom. The van der Waals surface area contributed by atoms with Gasteiger partial charge in [0, 0.05) is 10.0 Å². The lowest BCUT2D eigenvalue weighted by Gasteiger charge is -2.12. The Kier molecular flexibility index (Phi) is 6.35. The maximum Gasteiger partial charge on any atom is 0.293 e. The number of benzene rings is 3. The molecule has 4 nitrogen and oxygen atoms in total. The van der Waals surface area contributed by atoms with E-state index in [0.29, 0.717) is 17.3 Å². The van der Waals surface area contributed by atoms with Crippen molar-refractivity contribution in [3.05, 3.63) is 105 Å². The van der Waals surface area contributed by atoms with Gasteiger partial charge in [0.2, 0.25) is 0 Å². The van der Waals surface area contributed by atoms with E-state index in [0.717, 1.165) is 32.9 Å². The lowest BCUT2D eigenvalue weighted by atomic mass is 10.1. The SMILES string of the molecule is O=C1S/C(=C\c2cc(Br)ccc2OCc2ccccc2)C(=O)N1Cc1ccccc1. The average Bonchev–Trinajstić information content (AvgIpc) is 3.02. The molecule has 6 heteroatoms. The third-order valence-corrected chi connectivity index (χ3v) is 5.95. The molecule has 0 radical (unpaired) electrons. The van der Waals surface area contributed by atoms with Crippen LogP contribution in [0, 0.1) is 0 Å². The summed E-state index contributed by atoms with van der Waals surface area (Å²) in [4.78, 5) is 27.0. The largest absolute Gasteiger partial charge is 0.488 e. The van der Waals surface area contributed by atoms with Gasteiger partial charge in [-0.3, -0.25) is 14.5 Å². The Hall–Kier alpha value is -2.83. The first kappa shape index (κ1) is 20.4. The van der Waals surface area contributed by atoms with Crippen molar-refractivity contribution >= 4 is 44.9 Å². The summed E-state index contributed by atoms with van der Waals surface area (Å²) in [6.07, 6.45) is 1.72. The van der Waals surface area contributed by atoms with E-state index in [1.807, 2.05) is 78.9 Å². The number of hydrogen-bond donors (Lipinski definition) is 0. The smallest absolute Gasteiger partial charge is 0.293 e. The fraction of sp³-hybridized carbons (Fsp3) is 0.0833. The minimum atomic E-state index is -0.289. The fourth-order valence-electron chi connectivity index (χ4n) is 3.04. The van der Waals surface area contributed by atoms with E-state index in [1.54, 1.807) is 6.08 Å². The van der Waals surface area contributed by atoms with Gasteiger partial charge in [-0.15, -0.1) is 0 Å². The molecule has 0 saturated carbocycles. The van der Waals surface area contributed by atoms with Gasteiger partial charge in [0.25, 0.3) is 11.1 Å². The molecule has 1 saturated heterocycles. The van der Waals surface area contributed by atoms with Crippen molar-refractivity contribution in [3.63, 3.8) is 0 Å². The van der Waals surface area contributed by atoms with Crippen LogP contribution in [0.2, 0.25) is 0 Å². The molecule has 0 spiro atoms. The highest BCUT2D eigenvalue weighted by Crippen LogP contribution is 2.35. The van der Waals surface area contributed by atoms with Gasteiger partial charge in [-0.05, 0) is 47.2 Å². The van der Waals surface area contributed by atoms with Gasteiger partial charge in [0.1, 0.15) is 12.4 Å². The molecule has 0 bridgehead atoms. The molecule has 4 rings (SSSR count). The summed E-state index contributed by atoms with van der Waals surface area (Å²) in [5, 5.41) is -0.267. The summed E-state index contributed by atoms with van der Waals surface area (Å²) < 4.78 is 6.85. The topological polar surface area (TPSA) is 46.6 Å². The average molecular weight is 480 g/mol. The van der Waals surface area contributed by atoms with Gasteiger partial charge in [-0.25, -0.2) is 0 Å². The first-order chi connectivity index (χ1) is 14.6. The fourth-order valence-corrected chi connectivity index (χ4v) is 4.25. The minimum Gasteiger partial charge on any atom is -0.488 e. The summed E-state index contributed by atoms with van der Waals surface area (Å²) >= 11 is 4.42. The molecule has 3 aromatic rings. The second-order valence-corrected chi connectivity index (χ2v) is 8.62. The molecule has 0 N–H and O–H groups in total. The first-order valence-corrected chi connectivity index (χ1v) is 11.0. The Morgan fingerprint density at radius 3 is 2.27 bits per heavy atom. The molecule has 30 heavy (non-hydrogen) atoms. The summed E-state index contributed by atoms with van der Waals surface area (Å²) in [5.74, 6) is 0.361. The molecule has 3 aromatic carbocycles. The third kappa shape index (κ3) is 4.83. The molecule has 150 valence electrons. The van der Waals surface area contributed by atoms with Crippen molar-refractivity contribution in [2.45, 2.75) is 13.2 Å². The lowest BCUT2D eigenvalue weighted by molar-refractivity contribution is -0.123. The number of ether oxygens (including phenoxy) is 1. The molecule has 1 heterocycles. The van der Waals surface area contributed by atoms with Crippen LogP contribution < -0.4 is 4.74 Å². The quantitative estimate of drug-likeness (QED) is 0.391. The Morgan fingerprint density at radius 1 is 0.900 bits per heavy atom. The zero-order chi connectivity index (χ0) is 20.9. The number of imide groups is 1. The molecular formula is C24H18BrNO3S. The van der Waals surface area contributed by atoms with Crippen molar-refractivity contribution in [1.82, 2.24) is 4.90 Å². The van der Waals surface area contributed by atoms with Crippen LogP contribution in [-0.4, -0.2) is 16.0 Å². The van der Waals surface area contributed by atoms with Crippen LogP contribution in [-0.2, 0) is 17.9 Å². The number of carbonyl (C=O) groups excluding carboxylic acids is 2. The number of amides is 2.